The average molecular weight is 250 g/mol. The van der Waals surface area contributed by atoms with Crippen LogP contribution in [0.1, 0.15) is 64.2 Å². The predicted molar refractivity (Wildman–Crippen MR) is 76.8 cm³/mol. The van der Waals surface area contributed by atoms with Gasteiger partial charge in [-0.1, -0.05) is 25.7 Å². The predicted octanol–water partition coefficient (Wildman–Crippen LogP) is 3.17. The van der Waals surface area contributed by atoms with Crippen molar-refractivity contribution in [2.24, 2.45) is 5.92 Å². The Morgan fingerprint density at radius 1 is 0.833 bits per heavy atom. The number of likely N-dealkylation sites (tertiary alicyclic amines) is 1. The summed E-state index contributed by atoms with van der Waals surface area (Å²) in [5, 5.41) is 3.78. The molecule has 0 aromatic rings. The summed E-state index contributed by atoms with van der Waals surface area (Å²) in [5.74, 6) is 1.04. The SMILES string of the molecule is C1CCNC(CN2CCCC3CCCCC32)CC1. The van der Waals surface area contributed by atoms with Crippen molar-refractivity contribution in [1.82, 2.24) is 10.2 Å². The van der Waals surface area contributed by atoms with Crippen LogP contribution >= 0.6 is 0 Å². The van der Waals surface area contributed by atoms with Gasteiger partial charge in [0.1, 0.15) is 0 Å². The number of nitrogens with one attached hydrogen (secondary N) is 1. The molecule has 3 rings (SSSR count). The van der Waals surface area contributed by atoms with Crippen molar-refractivity contribution in [1.29, 1.82) is 0 Å². The van der Waals surface area contributed by atoms with E-state index in [1.165, 1.54) is 83.8 Å². The topological polar surface area (TPSA) is 15.3 Å². The Bertz CT molecular complexity index is 243. The Morgan fingerprint density at radius 2 is 1.67 bits per heavy atom. The van der Waals surface area contributed by atoms with E-state index in [2.05, 4.69) is 10.2 Å². The third kappa shape index (κ3) is 3.08. The van der Waals surface area contributed by atoms with Crippen LogP contribution in [0.15, 0.2) is 0 Å². The van der Waals surface area contributed by atoms with E-state index < -0.39 is 0 Å². The molecule has 1 saturated carbocycles. The summed E-state index contributed by atoms with van der Waals surface area (Å²) in [7, 11) is 0. The number of fused-ring (bicyclic) bond motifs is 1. The van der Waals surface area contributed by atoms with Gasteiger partial charge < -0.3 is 5.32 Å². The molecule has 3 aliphatic rings. The summed E-state index contributed by atoms with van der Waals surface area (Å²) in [6.45, 7) is 3.97. The van der Waals surface area contributed by atoms with Crippen LogP contribution in [0, 0.1) is 5.92 Å². The van der Waals surface area contributed by atoms with Crippen LogP contribution < -0.4 is 5.32 Å². The minimum Gasteiger partial charge on any atom is -0.313 e. The van der Waals surface area contributed by atoms with Crippen LogP contribution in [0.5, 0.6) is 0 Å². The van der Waals surface area contributed by atoms with Gasteiger partial charge in [-0.3, -0.25) is 4.90 Å². The second-order valence-electron chi connectivity index (χ2n) is 6.75. The molecule has 3 fully saturated rings. The highest BCUT2D eigenvalue weighted by atomic mass is 15.2. The minimum atomic E-state index is 0.785. The standard InChI is InChI=1S/C16H30N2/c1-2-9-15(17-11-5-1)13-18-12-6-8-14-7-3-4-10-16(14)18/h14-17H,1-13H2. The fourth-order valence-electron chi connectivity index (χ4n) is 4.49. The maximum atomic E-state index is 3.78. The summed E-state index contributed by atoms with van der Waals surface area (Å²) >= 11 is 0. The van der Waals surface area contributed by atoms with Crippen molar-refractivity contribution in [3.8, 4) is 0 Å². The molecule has 0 radical (unpaired) electrons. The summed E-state index contributed by atoms with van der Waals surface area (Å²) < 4.78 is 0. The third-order valence-corrected chi connectivity index (χ3v) is 5.48. The van der Waals surface area contributed by atoms with Gasteiger partial charge in [0.25, 0.3) is 0 Å². The molecule has 2 heteroatoms. The van der Waals surface area contributed by atoms with Crippen molar-refractivity contribution in [2.45, 2.75) is 76.3 Å². The summed E-state index contributed by atoms with van der Waals surface area (Å²) in [6.07, 6.45) is 14.6. The Morgan fingerprint density at radius 3 is 2.67 bits per heavy atom. The van der Waals surface area contributed by atoms with Crippen LogP contribution in [0.2, 0.25) is 0 Å². The van der Waals surface area contributed by atoms with E-state index in [1.54, 1.807) is 0 Å². The summed E-state index contributed by atoms with van der Waals surface area (Å²) in [5.41, 5.74) is 0. The third-order valence-electron chi connectivity index (χ3n) is 5.48. The maximum absolute atomic E-state index is 3.78. The van der Waals surface area contributed by atoms with Gasteiger partial charge in [0.15, 0.2) is 0 Å². The molecule has 2 aliphatic heterocycles. The number of hydrogen-bond acceptors (Lipinski definition) is 2. The zero-order valence-electron chi connectivity index (χ0n) is 11.9. The van der Waals surface area contributed by atoms with E-state index in [9.17, 15) is 0 Å². The van der Waals surface area contributed by atoms with Gasteiger partial charge in [-0.05, 0) is 57.5 Å². The molecule has 2 heterocycles. The first kappa shape index (κ1) is 12.9. The van der Waals surface area contributed by atoms with Gasteiger partial charge in [-0.25, -0.2) is 0 Å². The quantitative estimate of drug-likeness (QED) is 0.810. The Balaban J connectivity index is 1.56. The lowest BCUT2D eigenvalue weighted by molar-refractivity contribution is 0.0526. The monoisotopic (exact) mass is 250 g/mol. The Kier molecular flexibility index (Phi) is 4.58. The molecule has 0 spiro atoms. The van der Waals surface area contributed by atoms with E-state index in [1.807, 2.05) is 0 Å². The molecule has 18 heavy (non-hydrogen) atoms. The van der Waals surface area contributed by atoms with E-state index in [0.717, 1.165) is 18.0 Å². The molecule has 0 aromatic heterocycles. The molecule has 0 bridgehead atoms. The van der Waals surface area contributed by atoms with Gasteiger partial charge >= 0.3 is 0 Å². The van der Waals surface area contributed by atoms with Crippen molar-refractivity contribution in [3.63, 3.8) is 0 Å². The first-order valence-electron chi connectivity index (χ1n) is 8.41. The van der Waals surface area contributed by atoms with Gasteiger partial charge in [-0.2, -0.15) is 0 Å². The highest BCUT2D eigenvalue weighted by Crippen LogP contribution is 2.35. The van der Waals surface area contributed by atoms with Crippen molar-refractivity contribution in [3.05, 3.63) is 0 Å². The molecule has 2 saturated heterocycles. The van der Waals surface area contributed by atoms with E-state index >= 15 is 0 Å². The van der Waals surface area contributed by atoms with Crippen molar-refractivity contribution < 1.29 is 0 Å². The van der Waals surface area contributed by atoms with Crippen molar-refractivity contribution in [2.75, 3.05) is 19.6 Å². The van der Waals surface area contributed by atoms with E-state index in [4.69, 9.17) is 0 Å². The number of piperidine rings is 1. The van der Waals surface area contributed by atoms with Gasteiger partial charge in [-0.15, -0.1) is 0 Å². The van der Waals surface area contributed by atoms with Crippen LogP contribution in [-0.2, 0) is 0 Å². The molecular formula is C16H30N2. The lowest BCUT2D eigenvalue weighted by Gasteiger charge is -2.45. The molecule has 0 aromatic carbocycles. The normalized spacial score (nSPS) is 39.0. The molecule has 0 amide bonds. The molecule has 2 nitrogen and oxygen atoms in total. The minimum absolute atomic E-state index is 0.785. The fraction of sp³-hybridized carbons (Fsp3) is 1.00. The highest BCUT2D eigenvalue weighted by Gasteiger charge is 2.33. The van der Waals surface area contributed by atoms with Crippen molar-refractivity contribution >= 4 is 0 Å². The molecular weight excluding hydrogens is 220 g/mol. The van der Waals surface area contributed by atoms with Crippen LogP contribution in [-0.4, -0.2) is 36.6 Å². The molecule has 3 atom stereocenters. The Labute approximate surface area is 113 Å². The fourth-order valence-corrected chi connectivity index (χ4v) is 4.49. The zero-order chi connectivity index (χ0) is 12.2. The Hall–Kier alpha value is -0.0800. The van der Waals surface area contributed by atoms with Gasteiger partial charge in [0, 0.05) is 18.6 Å². The van der Waals surface area contributed by atoms with Crippen LogP contribution in [0.25, 0.3) is 0 Å². The lowest BCUT2D eigenvalue weighted by atomic mass is 9.78. The second kappa shape index (κ2) is 6.38. The summed E-state index contributed by atoms with van der Waals surface area (Å²) in [4.78, 5) is 2.86. The highest BCUT2D eigenvalue weighted by molar-refractivity contribution is 4.89. The molecule has 104 valence electrons. The van der Waals surface area contributed by atoms with E-state index in [0.29, 0.717) is 0 Å². The first-order valence-corrected chi connectivity index (χ1v) is 8.41. The van der Waals surface area contributed by atoms with E-state index in [-0.39, 0.29) is 0 Å². The number of nitrogens with zero attached hydrogens (tertiary/aromatic N) is 1. The number of rotatable bonds is 2. The maximum Gasteiger partial charge on any atom is 0.0195 e. The summed E-state index contributed by atoms with van der Waals surface area (Å²) in [6, 6.07) is 1.73. The van der Waals surface area contributed by atoms with Crippen LogP contribution in [0.4, 0.5) is 0 Å². The zero-order valence-corrected chi connectivity index (χ0v) is 11.9. The average Bonchev–Trinajstić information content (AvgIpc) is 2.68. The van der Waals surface area contributed by atoms with Crippen LogP contribution in [0.3, 0.4) is 0 Å². The molecule has 1 aliphatic carbocycles. The second-order valence-corrected chi connectivity index (χ2v) is 6.75. The number of hydrogen-bond donors (Lipinski definition) is 1. The molecule has 3 unspecified atom stereocenters. The van der Waals surface area contributed by atoms with Gasteiger partial charge in [0.2, 0.25) is 0 Å². The molecule has 1 N–H and O–H groups in total. The smallest absolute Gasteiger partial charge is 0.0195 e. The van der Waals surface area contributed by atoms with Gasteiger partial charge in [0.05, 0.1) is 0 Å². The lowest BCUT2D eigenvalue weighted by Crippen LogP contribution is -2.51. The largest absolute Gasteiger partial charge is 0.313 e. The first-order chi connectivity index (χ1) is 8.93.